The van der Waals surface area contributed by atoms with E-state index < -0.39 is 5.97 Å². The summed E-state index contributed by atoms with van der Waals surface area (Å²) in [5.74, 6) is -0.154. The maximum Gasteiger partial charge on any atom is 0.354 e. The van der Waals surface area contributed by atoms with Crippen LogP contribution in [0.5, 0.6) is 0 Å². The quantitative estimate of drug-likeness (QED) is 0.897. The van der Waals surface area contributed by atoms with Crippen LogP contribution in [-0.4, -0.2) is 29.1 Å². The van der Waals surface area contributed by atoms with Crippen LogP contribution in [0.2, 0.25) is 0 Å². The predicted molar refractivity (Wildman–Crippen MR) is 74.8 cm³/mol. The number of aromatic nitrogens is 1. The molecule has 1 aromatic carbocycles. The molecule has 0 amide bonds. The molecular weight excluding hydrogens is 240 g/mol. The van der Waals surface area contributed by atoms with Crippen LogP contribution in [0.3, 0.4) is 0 Å². The second kappa shape index (κ2) is 4.88. The van der Waals surface area contributed by atoms with E-state index in [-0.39, 0.29) is 5.69 Å². The van der Waals surface area contributed by atoms with Crippen LogP contribution in [0.4, 0.5) is 5.82 Å². The molecule has 1 saturated heterocycles. The number of carboxylic acid groups (broad SMARTS) is 1. The van der Waals surface area contributed by atoms with Gasteiger partial charge in [0.05, 0.1) is 0 Å². The van der Waals surface area contributed by atoms with Gasteiger partial charge in [-0.1, -0.05) is 24.3 Å². The fourth-order valence-electron chi connectivity index (χ4n) is 2.64. The fraction of sp³-hybridized carbons (Fsp3) is 0.333. The summed E-state index contributed by atoms with van der Waals surface area (Å²) in [7, 11) is 0. The van der Waals surface area contributed by atoms with Gasteiger partial charge in [0.2, 0.25) is 0 Å². The van der Waals surface area contributed by atoms with E-state index in [1.807, 2.05) is 24.3 Å². The molecule has 1 N–H and O–H groups in total. The van der Waals surface area contributed by atoms with Gasteiger partial charge in [0, 0.05) is 18.5 Å². The summed E-state index contributed by atoms with van der Waals surface area (Å²) in [5, 5.41) is 11.2. The van der Waals surface area contributed by atoms with E-state index in [9.17, 15) is 9.90 Å². The minimum Gasteiger partial charge on any atom is -0.477 e. The Bertz CT molecular complexity index is 619. The third-order valence-corrected chi connectivity index (χ3v) is 3.59. The lowest BCUT2D eigenvalue weighted by atomic mass is 10.1. The third-order valence-electron chi connectivity index (χ3n) is 3.59. The summed E-state index contributed by atoms with van der Waals surface area (Å²) in [4.78, 5) is 17.8. The molecule has 1 aliphatic heterocycles. The van der Waals surface area contributed by atoms with Gasteiger partial charge in [-0.05, 0) is 30.7 Å². The smallest absolute Gasteiger partial charge is 0.354 e. The Morgan fingerprint density at radius 3 is 2.63 bits per heavy atom. The average molecular weight is 256 g/mol. The van der Waals surface area contributed by atoms with E-state index in [1.54, 1.807) is 6.07 Å². The zero-order valence-electron chi connectivity index (χ0n) is 10.7. The number of aromatic carboxylic acids is 1. The summed E-state index contributed by atoms with van der Waals surface area (Å²) >= 11 is 0. The number of benzene rings is 1. The highest BCUT2D eigenvalue weighted by molar-refractivity contribution is 5.98. The number of nitrogens with zero attached hydrogens (tertiary/aromatic N) is 2. The van der Waals surface area contributed by atoms with Crippen molar-refractivity contribution >= 4 is 22.6 Å². The fourth-order valence-corrected chi connectivity index (χ4v) is 2.64. The highest BCUT2D eigenvalue weighted by Gasteiger charge is 2.17. The lowest BCUT2D eigenvalue weighted by molar-refractivity contribution is 0.0691. The summed E-state index contributed by atoms with van der Waals surface area (Å²) in [6, 6.07) is 9.49. The summed E-state index contributed by atoms with van der Waals surface area (Å²) < 4.78 is 0. The van der Waals surface area contributed by atoms with E-state index in [0.717, 1.165) is 42.5 Å². The molecule has 0 spiro atoms. The first-order valence-electron chi connectivity index (χ1n) is 6.64. The molecule has 98 valence electrons. The van der Waals surface area contributed by atoms with Crippen molar-refractivity contribution in [2.75, 3.05) is 18.0 Å². The molecule has 4 nitrogen and oxygen atoms in total. The molecule has 3 rings (SSSR count). The van der Waals surface area contributed by atoms with Crippen molar-refractivity contribution in [1.29, 1.82) is 0 Å². The van der Waals surface area contributed by atoms with Gasteiger partial charge in [-0.2, -0.15) is 0 Å². The molecule has 4 heteroatoms. The van der Waals surface area contributed by atoms with Crippen molar-refractivity contribution in [2.24, 2.45) is 0 Å². The monoisotopic (exact) mass is 256 g/mol. The molecular formula is C15H16N2O2. The molecule has 0 atom stereocenters. The zero-order chi connectivity index (χ0) is 13.2. The molecule has 0 radical (unpaired) electrons. The van der Waals surface area contributed by atoms with Crippen LogP contribution in [0, 0.1) is 0 Å². The molecule has 1 aromatic heterocycles. The molecule has 19 heavy (non-hydrogen) atoms. The highest BCUT2D eigenvalue weighted by Crippen LogP contribution is 2.27. The molecule has 1 fully saturated rings. The number of pyridine rings is 1. The largest absolute Gasteiger partial charge is 0.477 e. The van der Waals surface area contributed by atoms with Crippen molar-refractivity contribution < 1.29 is 9.90 Å². The first-order valence-corrected chi connectivity index (χ1v) is 6.64. The number of rotatable bonds is 2. The van der Waals surface area contributed by atoms with Crippen molar-refractivity contribution in [1.82, 2.24) is 4.98 Å². The van der Waals surface area contributed by atoms with Gasteiger partial charge in [-0.3, -0.25) is 0 Å². The van der Waals surface area contributed by atoms with Crippen molar-refractivity contribution in [3.63, 3.8) is 0 Å². The van der Waals surface area contributed by atoms with E-state index in [4.69, 9.17) is 0 Å². The van der Waals surface area contributed by atoms with Crippen molar-refractivity contribution in [3.8, 4) is 0 Å². The summed E-state index contributed by atoms with van der Waals surface area (Å²) in [6.07, 6.45) is 3.54. The average Bonchev–Trinajstić information content (AvgIpc) is 2.47. The minimum atomic E-state index is -0.969. The Hall–Kier alpha value is -2.10. The number of anilines is 1. The van der Waals surface area contributed by atoms with Crippen molar-refractivity contribution in [3.05, 3.63) is 36.0 Å². The summed E-state index contributed by atoms with van der Waals surface area (Å²) in [5.41, 5.74) is 0.124. The SMILES string of the molecule is O=C(O)c1cc2ccccc2c(N2CCCCC2)n1. The first kappa shape index (κ1) is 12.0. The van der Waals surface area contributed by atoms with Gasteiger partial charge in [0.1, 0.15) is 5.82 Å². The minimum absolute atomic E-state index is 0.124. The number of fused-ring (bicyclic) bond motifs is 1. The van der Waals surface area contributed by atoms with Gasteiger partial charge in [0.25, 0.3) is 0 Å². The Kier molecular flexibility index (Phi) is 3.07. The maximum absolute atomic E-state index is 11.2. The van der Waals surface area contributed by atoms with Crippen LogP contribution in [0.15, 0.2) is 30.3 Å². The van der Waals surface area contributed by atoms with E-state index in [2.05, 4.69) is 9.88 Å². The maximum atomic E-state index is 11.2. The Labute approximate surface area is 111 Å². The Balaban J connectivity index is 2.16. The van der Waals surface area contributed by atoms with Crippen LogP contribution in [-0.2, 0) is 0 Å². The molecule has 2 aromatic rings. The van der Waals surface area contributed by atoms with Gasteiger partial charge in [0.15, 0.2) is 5.69 Å². The number of carboxylic acids is 1. The van der Waals surface area contributed by atoms with Gasteiger partial charge in [-0.15, -0.1) is 0 Å². The molecule has 0 bridgehead atoms. The number of hydrogen-bond donors (Lipinski definition) is 1. The lowest BCUT2D eigenvalue weighted by Gasteiger charge is -2.29. The standard InChI is InChI=1S/C15H16N2O2/c18-15(19)13-10-11-6-2-3-7-12(11)14(16-13)17-8-4-1-5-9-17/h2-3,6-7,10H,1,4-5,8-9H2,(H,18,19). The number of piperidine rings is 1. The van der Waals surface area contributed by atoms with E-state index >= 15 is 0 Å². The van der Waals surface area contributed by atoms with Gasteiger partial charge >= 0.3 is 5.97 Å². The lowest BCUT2D eigenvalue weighted by Crippen LogP contribution is -2.30. The van der Waals surface area contributed by atoms with E-state index in [1.165, 1.54) is 6.42 Å². The van der Waals surface area contributed by atoms with Crippen LogP contribution in [0.25, 0.3) is 10.8 Å². The third kappa shape index (κ3) is 2.26. The van der Waals surface area contributed by atoms with Crippen LogP contribution >= 0.6 is 0 Å². The second-order valence-corrected chi connectivity index (χ2v) is 4.91. The topological polar surface area (TPSA) is 53.4 Å². The normalized spacial score (nSPS) is 15.7. The van der Waals surface area contributed by atoms with Crippen LogP contribution < -0.4 is 4.90 Å². The Morgan fingerprint density at radius 1 is 1.16 bits per heavy atom. The molecule has 0 aliphatic carbocycles. The first-order chi connectivity index (χ1) is 9.25. The second-order valence-electron chi connectivity index (χ2n) is 4.91. The van der Waals surface area contributed by atoms with Gasteiger partial charge < -0.3 is 10.0 Å². The predicted octanol–water partition coefficient (Wildman–Crippen LogP) is 2.92. The molecule has 0 saturated carbocycles. The zero-order valence-corrected chi connectivity index (χ0v) is 10.7. The van der Waals surface area contributed by atoms with Gasteiger partial charge in [-0.25, -0.2) is 9.78 Å². The van der Waals surface area contributed by atoms with E-state index in [0.29, 0.717) is 0 Å². The summed E-state index contributed by atoms with van der Waals surface area (Å²) in [6.45, 7) is 1.92. The highest BCUT2D eigenvalue weighted by atomic mass is 16.4. The number of carbonyl (C=O) groups is 1. The van der Waals surface area contributed by atoms with Crippen LogP contribution in [0.1, 0.15) is 29.8 Å². The number of hydrogen-bond acceptors (Lipinski definition) is 3. The Morgan fingerprint density at radius 2 is 1.89 bits per heavy atom. The molecule has 2 heterocycles. The molecule has 1 aliphatic rings. The van der Waals surface area contributed by atoms with Crippen molar-refractivity contribution in [2.45, 2.75) is 19.3 Å². The molecule has 0 unspecified atom stereocenters.